The molecule has 0 atom stereocenters. The molecule has 1 amide bonds. The van der Waals surface area contributed by atoms with E-state index in [1.807, 2.05) is 0 Å². The SMILES string of the molecule is CCCCNC(=O)OCCI. The van der Waals surface area contributed by atoms with E-state index in [0.717, 1.165) is 23.8 Å². The van der Waals surface area contributed by atoms with Gasteiger partial charge in [0, 0.05) is 11.0 Å². The van der Waals surface area contributed by atoms with Gasteiger partial charge < -0.3 is 10.1 Å². The molecule has 0 aromatic rings. The third-order valence-electron chi connectivity index (χ3n) is 1.11. The molecule has 0 rings (SSSR count). The molecule has 1 N–H and O–H groups in total. The average molecular weight is 271 g/mol. The fourth-order valence-corrected chi connectivity index (χ4v) is 0.770. The van der Waals surface area contributed by atoms with Crippen molar-refractivity contribution < 1.29 is 9.53 Å². The summed E-state index contributed by atoms with van der Waals surface area (Å²) in [4.78, 5) is 10.7. The second-order valence-corrected chi connectivity index (χ2v) is 3.18. The Labute approximate surface area is 81.0 Å². The number of unbranched alkanes of at least 4 members (excludes halogenated alkanes) is 1. The minimum absolute atomic E-state index is 0.296. The summed E-state index contributed by atoms with van der Waals surface area (Å²) in [5.74, 6) is 0. The zero-order chi connectivity index (χ0) is 8.53. The van der Waals surface area contributed by atoms with E-state index in [0.29, 0.717) is 6.61 Å². The van der Waals surface area contributed by atoms with Crippen LogP contribution in [-0.4, -0.2) is 23.7 Å². The monoisotopic (exact) mass is 271 g/mol. The molecule has 0 aromatic carbocycles. The van der Waals surface area contributed by atoms with Crippen LogP contribution in [0.15, 0.2) is 0 Å². The Morgan fingerprint density at radius 2 is 2.36 bits per heavy atom. The lowest BCUT2D eigenvalue weighted by atomic mass is 10.3. The van der Waals surface area contributed by atoms with Gasteiger partial charge >= 0.3 is 6.09 Å². The molecule has 0 radical (unpaired) electrons. The maximum absolute atomic E-state index is 10.7. The Hall–Kier alpha value is 0. The highest BCUT2D eigenvalue weighted by molar-refractivity contribution is 14.1. The minimum atomic E-state index is -0.296. The largest absolute Gasteiger partial charge is 0.449 e. The summed E-state index contributed by atoms with van der Waals surface area (Å²) in [5.41, 5.74) is 0. The molecule has 66 valence electrons. The Bertz CT molecular complexity index is 109. The van der Waals surface area contributed by atoms with Crippen LogP contribution in [0.3, 0.4) is 0 Å². The van der Waals surface area contributed by atoms with Gasteiger partial charge in [-0.1, -0.05) is 35.9 Å². The molecule has 11 heavy (non-hydrogen) atoms. The number of alkyl carbamates (subject to hydrolysis) is 1. The summed E-state index contributed by atoms with van der Waals surface area (Å²) in [6.45, 7) is 3.30. The van der Waals surface area contributed by atoms with Crippen LogP contribution in [0.5, 0.6) is 0 Å². The quantitative estimate of drug-likeness (QED) is 0.471. The number of rotatable bonds is 5. The van der Waals surface area contributed by atoms with E-state index in [4.69, 9.17) is 4.74 Å². The first-order chi connectivity index (χ1) is 5.31. The molecule has 0 spiro atoms. The molecule has 0 fully saturated rings. The van der Waals surface area contributed by atoms with E-state index in [9.17, 15) is 4.79 Å². The van der Waals surface area contributed by atoms with E-state index in [2.05, 4.69) is 34.8 Å². The van der Waals surface area contributed by atoms with Crippen molar-refractivity contribution in [3.05, 3.63) is 0 Å². The zero-order valence-corrected chi connectivity index (χ0v) is 8.89. The van der Waals surface area contributed by atoms with Gasteiger partial charge in [-0.05, 0) is 6.42 Å². The predicted octanol–water partition coefficient (Wildman–Crippen LogP) is 1.95. The van der Waals surface area contributed by atoms with E-state index >= 15 is 0 Å². The van der Waals surface area contributed by atoms with Gasteiger partial charge in [-0.25, -0.2) is 4.79 Å². The number of amides is 1. The molecule has 0 aromatic heterocycles. The van der Waals surface area contributed by atoms with Crippen LogP contribution in [0, 0.1) is 0 Å². The number of hydrogen-bond donors (Lipinski definition) is 1. The summed E-state index contributed by atoms with van der Waals surface area (Å²) in [5, 5.41) is 2.65. The Morgan fingerprint density at radius 1 is 1.64 bits per heavy atom. The van der Waals surface area contributed by atoms with Crippen molar-refractivity contribution in [3.8, 4) is 0 Å². The van der Waals surface area contributed by atoms with Crippen molar-refractivity contribution in [2.75, 3.05) is 17.6 Å². The van der Waals surface area contributed by atoms with Gasteiger partial charge in [0.1, 0.15) is 6.61 Å². The topological polar surface area (TPSA) is 38.3 Å². The highest BCUT2D eigenvalue weighted by Gasteiger charge is 1.97. The summed E-state index contributed by atoms with van der Waals surface area (Å²) in [7, 11) is 0. The highest BCUT2D eigenvalue weighted by atomic mass is 127. The molecule has 4 heteroatoms. The molecule has 0 heterocycles. The van der Waals surface area contributed by atoms with Gasteiger partial charge in [0.25, 0.3) is 0 Å². The smallest absolute Gasteiger partial charge is 0.407 e. The Balaban J connectivity index is 3.09. The number of hydrogen-bond acceptors (Lipinski definition) is 2. The summed E-state index contributed by atoms with van der Waals surface area (Å²) >= 11 is 2.16. The van der Waals surface area contributed by atoms with E-state index in [-0.39, 0.29) is 6.09 Å². The molecule has 0 aliphatic carbocycles. The predicted molar refractivity (Wildman–Crippen MR) is 53.1 cm³/mol. The molecule has 0 saturated heterocycles. The second-order valence-electron chi connectivity index (χ2n) is 2.11. The Morgan fingerprint density at radius 3 is 2.91 bits per heavy atom. The molecule has 0 aliphatic rings. The number of alkyl halides is 1. The molecule has 0 unspecified atom stereocenters. The lowest BCUT2D eigenvalue weighted by Crippen LogP contribution is -2.25. The van der Waals surface area contributed by atoms with Crippen LogP contribution in [0.25, 0.3) is 0 Å². The van der Waals surface area contributed by atoms with Crippen molar-refractivity contribution in [2.45, 2.75) is 19.8 Å². The summed E-state index contributed by atoms with van der Waals surface area (Å²) in [6, 6.07) is 0. The zero-order valence-electron chi connectivity index (χ0n) is 6.73. The highest BCUT2D eigenvalue weighted by Crippen LogP contribution is 1.86. The normalized spacial score (nSPS) is 9.27. The maximum Gasteiger partial charge on any atom is 0.407 e. The number of ether oxygens (including phenoxy) is 1. The molecular weight excluding hydrogens is 257 g/mol. The number of nitrogens with one attached hydrogen (secondary N) is 1. The Kier molecular flexibility index (Phi) is 8.10. The lowest BCUT2D eigenvalue weighted by molar-refractivity contribution is 0.154. The van der Waals surface area contributed by atoms with Gasteiger partial charge in [0.05, 0.1) is 0 Å². The lowest BCUT2D eigenvalue weighted by Gasteiger charge is -2.03. The van der Waals surface area contributed by atoms with Crippen LogP contribution in [0.4, 0.5) is 4.79 Å². The molecule has 3 nitrogen and oxygen atoms in total. The number of carbonyl (C=O) groups excluding carboxylic acids is 1. The summed E-state index contributed by atoms with van der Waals surface area (Å²) in [6.07, 6.45) is 1.81. The molecule has 0 saturated carbocycles. The molecule has 0 bridgehead atoms. The summed E-state index contributed by atoms with van der Waals surface area (Å²) < 4.78 is 5.63. The van der Waals surface area contributed by atoms with Gasteiger partial charge in [0.15, 0.2) is 0 Å². The van der Waals surface area contributed by atoms with Crippen LogP contribution in [-0.2, 0) is 4.74 Å². The molecular formula is C7H14INO2. The third kappa shape index (κ3) is 7.90. The van der Waals surface area contributed by atoms with Crippen LogP contribution in [0.1, 0.15) is 19.8 Å². The fraction of sp³-hybridized carbons (Fsp3) is 0.857. The van der Waals surface area contributed by atoms with Crippen LogP contribution in [0.2, 0.25) is 0 Å². The van der Waals surface area contributed by atoms with Gasteiger partial charge in [0.2, 0.25) is 0 Å². The van der Waals surface area contributed by atoms with Crippen LogP contribution >= 0.6 is 22.6 Å². The van der Waals surface area contributed by atoms with Crippen molar-refractivity contribution >= 4 is 28.7 Å². The minimum Gasteiger partial charge on any atom is -0.449 e. The standard InChI is InChI=1S/C7H14INO2/c1-2-3-5-9-7(10)11-6-4-8/h2-6H2,1H3,(H,9,10). The van der Waals surface area contributed by atoms with E-state index in [1.54, 1.807) is 0 Å². The van der Waals surface area contributed by atoms with Gasteiger partial charge in [-0.15, -0.1) is 0 Å². The second kappa shape index (κ2) is 8.10. The first-order valence-electron chi connectivity index (χ1n) is 3.77. The van der Waals surface area contributed by atoms with Gasteiger partial charge in [-0.2, -0.15) is 0 Å². The number of halogens is 1. The fourth-order valence-electron chi connectivity index (χ4n) is 0.550. The average Bonchev–Trinajstić information content (AvgIpc) is 2.01. The first kappa shape index (κ1) is 11.0. The number of carbonyl (C=O) groups is 1. The maximum atomic E-state index is 10.7. The van der Waals surface area contributed by atoms with Crippen molar-refractivity contribution in [1.29, 1.82) is 0 Å². The van der Waals surface area contributed by atoms with E-state index in [1.165, 1.54) is 0 Å². The van der Waals surface area contributed by atoms with Crippen molar-refractivity contribution in [2.24, 2.45) is 0 Å². The van der Waals surface area contributed by atoms with Crippen molar-refractivity contribution in [1.82, 2.24) is 5.32 Å². The molecule has 0 aliphatic heterocycles. The first-order valence-corrected chi connectivity index (χ1v) is 5.30. The van der Waals surface area contributed by atoms with E-state index < -0.39 is 0 Å². The van der Waals surface area contributed by atoms with Gasteiger partial charge in [-0.3, -0.25) is 0 Å². The third-order valence-corrected chi connectivity index (χ3v) is 1.55. The van der Waals surface area contributed by atoms with Crippen molar-refractivity contribution in [3.63, 3.8) is 0 Å². The van der Waals surface area contributed by atoms with Crippen LogP contribution < -0.4 is 5.32 Å².